The predicted octanol–water partition coefficient (Wildman–Crippen LogP) is 2.34. The lowest BCUT2D eigenvalue weighted by Gasteiger charge is -2.12. The van der Waals surface area contributed by atoms with Crippen molar-refractivity contribution >= 4 is 5.97 Å². The first kappa shape index (κ1) is 12.2. The molecule has 88 valence electrons. The standard InChI is InChI=1S/C10H10F2O4/c1-15-7-4-5(9(11)12)3-6(10(13)14)8(7)16-2/h3-4,9H,1-2H3,(H,13,14). The average molecular weight is 232 g/mol. The van der Waals surface area contributed by atoms with Crippen LogP contribution in [0, 0.1) is 0 Å². The summed E-state index contributed by atoms with van der Waals surface area (Å²) in [6.07, 6.45) is -2.77. The molecule has 1 aromatic rings. The second kappa shape index (κ2) is 4.78. The third-order valence-corrected chi connectivity index (χ3v) is 1.98. The molecule has 0 saturated carbocycles. The monoisotopic (exact) mass is 232 g/mol. The number of alkyl halides is 2. The highest BCUT2D eigenvalue weighted by Gasteiger charge is 2.20. The number of carbonyl (C=O) groups is 1. The number of benzene rings is 1. The fourth-order valence-corrected chi connectivity index (χ4v) is 1.27. The Labute approximate surface area is 90.4 Å². The minimum Gasteiger partial charge on any atom is -0.493 e. The normalized spacial score (nSPS) is 10.3. The molecule has 1 N–H and O–H groups in total. The number of methoxy groups -OCH3 is 2. The van der Waals surface area contributed by atoms with Crippen LogP contribution in [0.5, 0.6) is 11.5 Å². The number of aromatic carboxylic acids is 1. The fourth-order valence-electron chi connectivity index (χ4n) is 1.27. The van der Waals surface area contributed by atoms with E-state index in [1.54, 1.807) is 0 Å². The summed E-state index contributed by atoms with van der Waals surface area (Å²) in [4.78, 5) is 10.8. The van der Waals surface area contributed by atoms with Gasteiger partial charge in [0.25, 0.3) is 6.43 Å². The van der Waals surface area contributed by atoms with Gasteiger partial charge >= 0.3 is 5.97 Å². The van der Waals surface area contributed by atoms with Crippen molar-refractivity contribution in [2.75, 3.05) is 14.2 Å². The van der Waals surface area contributed by atoms with E-state index in [0.29, 0.717) is 0 Å². The van der Waals surface area contributed by atoms with E-state index >= 15 is 0 Å². The first-order valence-corrected chi connectivity index (χ1v) is 4.28. The van der Waals surface area contributed by atoms with Crippen LogP contribution in [0.2, 0.25) is 0 Å². The molecule has 0 amide bonds. The SMILES string of the molecule is COc1cc(C(F)F)cc(C(=O)O)c1OC. The van der Waals surface area contributed by atoms with E-state index in [1.807, 2.05) is 0 Å². The van der Waals surface area contributed by atoms with E-state index in [-0.39, 0.29) is 17.1 Å². The van der Waals surface area contributed by atoms with Gasteiger partial charge in [-0.1, -0.05) is 0 Å². The van der Waals surface area contributed by atoms with Crippen molar-refractivity contribution in [3.8, 4) is 11.5 Å². The quantitative estimate of drug-likeness (QED) is 0.865. The molecule has 0 heterocycles. The number of rotatable bonds is 4. The maximum Gasteiger partial charge on any atom is 0.339 e. The Morgan fingerprint density at radius 2 is 1.94 bits per heavy atom. The molecule has 0 radical (unpaired) electrons. The Morgan fingerprint density at radius 3 is 2.31 bits per heavy atom. The summed E-state index contributed by atoms with van der Waals surface area (Å²) in [5.41, 5.74) is -0.771. The fraction of sp³-hybridized carbons (Fsp3) is 0.300. The van der Waals surface area contributed by atoms with Crippen LogP contribution < -0.4 is 9.47 Å². The molecule has 6 heteroatoms. The zero-order valence-corrected chi connectivity index (χ0v) is 8.66. The van der Waals surface area contributed by atoms with E-state index in [2.05, 4.69) is 0 Å². The number of carboxylic acids is 1. The molecular weight excluding hydrogens is 222 g/mol. The summed E-state index contributed by atoms with van der Waals surface area (Å²) in [7, 11) is 2.49. The highest BCUT2D eigenvalue weighted by atomic mass is 19.3. The maximum absolute atomic E-state index is 12.5. The molecule has 0 aliphatic rings. The highest BCUT2D eigenvalue weighted by molar-refractivity contribution is 5.92. The number of hydrogen-bond donors (Lipinski definition) is 1. The van der Waals surface area contributed by atoms with Gasteiger partial charge in [-0.2, -0.15) is 0 Å². The third-order valence-electron chi connectivity index (χ3n) is 1.98. The Balaban J connectivity index is 3.43. The van der Waals surface area contributed by atoms with Crippen molar-refractivity contribution in [2.45, 2.75) is 6.43 Å². The average Bonchev–Trinajstić information content (AvgIpc) is 2.26. The van der Waals surface area contributed by atoms with Crippen LogP contribution in [0.1, 0.15) is 22.3 Å². The van der Waals surface area contributed by atoms with Crippen molar-refractivity contribution in [3.63, 3.8) is 0 Å². The Bertz CT molecular complexity index is 404. The molecular formula is C10H10F2O4. The molecule has 0 spiro atoms. The molecule has 0 atom stereocenters. The molecule has 16 heavy (non-hydrogen) atoms. The van der Waals surface area contributed by atoms with Gasteiger partial charge in [0.15, 0.2) is 11.5 Å². The minimum absolute atomic E-state index is 0.0299. The van der Waals surface area contributed by atoms with Gasteiger partial charge in [-0.3, -0.25) is 0 Å². The van der Waals surface area contributed by atoms with Crippen molar-refractivity contribution < 1.29 is 28.2 Å². The zero-order chi connectivity index (χ0) is 12.3. The number of halogens is 2. The van der Waals surface area contributed by atoms with Gasteiger partial charge in [-0.05, 0) is 12.1 Å². The van der Waals surface area contributed by atoms with Crippen LogP contribution in [0.25, 0.3) is 0 Å². The number of ether oxygens (including phenoxy) is 2. The minimum atomic E-state index is -2.77. The van der Waals surface area contributed by atoms with Crippen LogP contribution in [0.15, 0.2) is 12.1 Å². The maximum atomic E-state index is 12.5. The lowest BCUT2D eigenvalue weighted by molar-refractivity contribution is 0.0692. The number of hydrogen-bond acceptors (Lipinski definition) is 3. The first-order valence-electron chi connectivity index (χ1n) is 4.28. The van der Waals surface area contributed by atoms with Crippen molar-refractivity contribution in [1.82, 2.24) is 0 Å². The molecule has 1 aromatic carbocycles. The Hall–Kier alpha value is -1.85. The van der Waals surface area contributed by atoms with Gasteiger partial charge in [0.05, 0.1) is 14.2 Å². The number of carboxylic acid groups (broad SMARTS) is 1. The molecule has 4 nitrogen and oxygen atoms in total. The van der Waals surface area contributed by atoms with Gasteiger partial charge < -0.3 is 14.6 Å². The van der Waals surface area contributed by atoms with Crippen LogP contribution in [0.4, 0.5) is 8.78 Å². The third kappa shape index (κ3) is 2.21. The molecule has 0 bridgehead atoms. The van der Waals surface area contributed by atoms with Crippen LogP contribution >= 0.6 is 0 Å². The molecule has 0 fully saturated rings. The summed E-state index contributed by atoms with van der Waals surface area (Å²) in [5.74, 6) is -1.45. The first-order chi connectivity index (χ1) is 7.51. The van der Waals surface area contributed by atoms with Gasteiger partial charge in [0.2, 0.25) is 0 Å². The van der Waals surface area contributed by atoms with Gasteiger partial charge in [-0.25, -0.2) is 13.6 Å². The van der Waals surface area contributed by atoms with Gasteiger partial charge in [0, 0.05) is 5.56 Å². The molecule has 0 saturated heterocycles. The summed E-state index contributed by atoms with van der Waals surface area (Å²) in [6.45, 7) is 0. The smallest absolute Gasteiger partial charge is 0.339 e. The van der Waals surface area contributed by atoms with Gasteiger partial charge in [0.1, 0.15) is 5.56 Å². The predicted molar refractivity (Wildman–Crippen MR) is 51.5 cm³/mol. The largest absolute Gasteiger partial charge is 0.493 e. The second-order valence-electron chi connectivity index (χ2n) is 2.91. The molecule has 0 unspecified atom stereocenters. The van der Waals surface area contributed by atoms with E-state index in [0.717, 1.165) is 12.1 Å². The Morgan fingerprint density at radius 1 is 1.31 bits per heavy atom. The van der Waals surface area contributed by atoms with Crippen LogP contribution in [-0.2, 0) is 0 Å². The van der Waals surface area contributed by atoms with Crippen molar-refractivity contribution in [1.29, 1.82) is 0 Å². The molecule has 0 aliphatic heterocycles. The van der Waals surface area contributed by atoms with E-state index in [9.17, 15) is 13.6 Å². The second-order valence-corrected chi connectivity index (χ2v) is 2.91. The Kier molecular flexibility index (Phi) is 3.65. The highest BCUT2D eigenvalue weighted by Crippen LogP contribution is 2.35. The molecule has 0 aliphatic carbocycles. The van der Waals surface area contributed by atoms with E-state index in [4.69, 9.17) is 14.6 Å². The van der Waals surface area contributed by atoms with Crippen LogP contribution in [0.3, 0.4) is 0 Å². The summed E-state index contributed by atoms with van der Waals surface area (Å²) < 4.78 is 34.6. The van der Waals surface area contributed by atoms with E-state index < -0.39 is 18.0 Å². The lowest BCUT2D eigenvalue weighted by Crippen LogP contribution is -2.04. The van der Waals surface area contributed by atoms with Gasteiger partial charge in [-0.15, -0.1) is 0 Å². The van der Waals surface area contributed by atoms with Crippen LogP contribution in [-0.4, -0.2) is 25.3 Å². The summed E-state index contributed by atoms with van der Waals surface area (Å²) in [6, 6.07) is 1.92. The topological polar surface area (TPSA) is 55.8 Å². The lowest BCUT2D eigenvalue weighted by atomic mass is 10.1. The van der Waals surface area contributed by atoms with Crippen molar-refractivity contribution in [3.05, 3.63) is 23.3 Å². The van der Waals surface area contributed by atoms with E-state index in [1.165, 1.54) is 14.2 Å². The summed E-state index contributed by atoms with van der Waals surface area (Å²) >= 11 is 0. The zero-order valence-electron chi connectivity index (χ0n) is 8.66. The molecule has 0 aromatic heterocycles. The molecule has 1 rings (SSSR count). The summed E-state index contributed by atoms with van der Waals surface area (Å²) in [5, 5.41) is 8.84. The van der Waals surface area contributed by atoms with Crippen molar-refractivity contribution in [2.24, 2.45) is 0 Å².